The number of hydrogen-bond donors (Lipinski definition) is 1. The van der Waals surface area contributed by atoms with Gasteiger partial charge in [0.2, 0.25) is 5.76 Å². The number of aliphatic hydroxyl groups is 1. The topological polar surface area (TPSA) is 72.8 Å². The van der Waals surface area contributed by atoms with Crippen LogP contribution in [0.15, 0.2) is 30.0 Å². The van der Waals surface area contributed by atoms with Crippen LogP contribution in [0.25, 0.3) is 5.57 Å². The summed E-state index contributed by atoms with van der Waals surface area (Å²) in [5.41, 5.74) is 0.0411. The van der Waals surface area contributed by atoms with Crippen molar-refractivity contribution in [2.24, 2.45) is 0 Å². The first-order valence-electron chi connectivity index (χ1n) is 5.45. The van der Waals surface area contributed by atoms with Crippen molar-refractivity contribution in [3.05, 3.63) is 40.6 Å². The van der Waals surface area contributed by atoms with Crippen molar-refractivity contribution < 1.29 is 24.2 Å². The molecular formula is C13H13ClO5. The summed E-state index contributed by atoms with van der Waals surface area (Å²) in [5, 5.41) is 10.3. The fourth-order valence-corrected chi connectivity index (χ4v) is 1.50. The third-order valence-corrected chi connectivity index (χ3v) is 2.48. The molecule has 5 nitrogen and oxygen atoms in total. The molecule has 0 heterocycles. The molecule has 0 saturated carbocycles. The van der Waals surface area contributed by atoms with E-state index >= 15 is 0 Å². The second-order valence-electron chi connectivity index (χ2n) is 3.44. The van der Waals surface area contributed by atoms with E-state index in [1.807, 2.05) is 0 Å². The number of methoxy groups -OCH3 is 1. The van der Waals surface area contributed by atoms with Crippen LogP contribution in [0.3, 0.4) is 0 Å². The van der Waals surface area contributed by atoms with Crippen molar-refractivity contribution in [3.63, 3.8) is 0 Å². The highest BCUT2D eigenvalue weighted by Crippen LogP contribution is 2.22. The zero-order valence-electron chi connectivity index (χ0n) is 10.5. The maximum Gasteiger partial charge on any atom is 0.374 e. The van der Waals surface area contributed by atoms with E-state index in [1.165, 1.54) is 24.3 Å². The fourth-order valence-electron chi connectivity index (χ4n) is 1.37. The molecule has 102 valence electrons. The first-order chi connectivity index (χ1) is 9.01. The molecule has 0 aliphatic heterocycles. The lowest BCUT2D eigenvalue weighted by molar-refractivity contribution is -0.142. The van der Waals surface area contributed by atoms with Gasteiger partial charge in [-0.25, -0.2) is 9.59 Å². The first kappa shape index (κ1) is 15.0. The van der Waals surface area contributed by atoms with E-state index in [2.05, 4.69) is 9.47 Å². The molecule has 1 aromatic carbocycles. The van der Waals surface area contributed by atoms with E-state index in [9.17, 15) is 14.7 Å². The van der Waals surface area contributed by atoms with Gasteiger partial charge in [0.05, 0.1) is 13.7 Å². The van der Waals surface area contributed by atoms with E-state index < -0.39 is 17.7 Å². The van der Waals surface area contributed by atoms with Gasteiger partial charge in [-0.05, 0) is 24.6 Å². The number of carbonyl (C=O) groups is 2. The lowest BCUT2D eigenvalue weighted by Crippen LogP contribution is -2.14. The summed E-state index contributed by atoms with van der Waals surface area (Å²) in [5.74, 6) is -2.62. The second-order valence-corrected chi connectivity index (χ2v) is 3.88. The molecule has 0 aliphatic carbocycles. The minimum absolute atomic E-state index is 0.0813. The third kappa shape index (κ3) is 3.72. The van der Waals surface area contributed by atoms with Gasteiger partial charge in [-0.1, -0.05) is 23.7 Å². The molecule has 0 aliphatic rings. The number of benzene rings is 1. The molecule has 1 aromatic rings. The Hall–Kier alpha value is -2.01. The van der Waals surface area contributed by atoms with Crippen LogP contribution in [-0.4, -0.2) is 30.8 Å². The molecule has 0 fully saturated rings. The molecule has 1 rings (SSSR count). The minimum Gasteiger partial charge on any atom is -0.501 e. The second kappa shape index (κ2) is 6.80. The van der Waals surface area contributed by atoms with E-state index in [-0.39, 0.29) is 12.2 Å². The molecule has 0 amide bonds. The van der Waals surface area contributed by atoms with Crippen molar-refractivity contribution in [1.29, 1.82) is 0 Å². The molecule has 1 N–H and O–H groups in total. The Labute approximate surface area is 115 Å². The standard InChI is InChI=1S/C13H13ClO5/c1-3-19-13(17)11(15)10(12(16)18-2)8-4-6-9(14)7-5-8/h4-7,15H,3H2,1-2H3/b11-10+. The molecule has 0 saturated heterocycles. The van der Waals surface area contributed by atoms with Gasteiger partial charge in [0, 0.05) is 5.02 Å². The average Bonchev–Trinajstić information content (AvgIpc) is 2.41. The summed E-state index contributed by atoms with van der Waals surface area (Å²) < 4.78 is 9.19. The Bertz CT molecular complexity index is 504. The van der Waals surface area contributed by atoms with Crippen molar-refractivity contribution >= 4 is 29.1 Å². The van der Waals surface area contributed by atoms with Gasteiger partial charge in [0.15, 0.2) is 0 Å². The number of rotatable bonds is 4. The lowest BCUT2D eigenvalue weighted by Gasteiger charge is -2.09. The van der Waals surface area contributed by atoms with Crippen LogP contribution in [0.1, 0.15) is 12.5 Å². The Morgan fingerprint density at radius 3 is 2.26 bits per heavy atom. The first-order valence-corrected chi connectivity index (χ1v) is 5.83. The van der Waals surface area contributed by atoms with Crippen molar-refractivity contribution in [3.8, 4) is 0 Å². The summed E-state index contributed by atoms with van der Waals surface area (Å²) in [6, 6.07) is 6.03. The maximum atomic E-state index is 11.7. The number of esters is 2. The molecule has 0 spiro atoms. The largest absolute Gasteiger partial charge is 0.501 e. The van der Waals surface area contributed by atoms with Crippen molar-refractivity contribution in [1.82, 2.24) is 0 Å². The fraction of sp³-hybridized carbons (Fsp3) is 0.231. The van der Waals surface area contributed by atoms with Crippen LogP contribution < -0.4 is 0 Å². The highest BCUT2D eigenvalue weighted by atomic mass is 35.5. The van der Waals surface area contributed by atoms with Crippen molar-refractivity contribution in [2.75, 3.05) is 13.7 Å². The predicted molar refractivity (Wildman–Crippen MR) is 69.6 cm³/mol. The van der Waals surface area contributed by atoms with Crippen LogP contribution in [-0.2, 0) is 19.1 Å². The minimum atomic E-state index is -0.988. The quantitative estimate of drug-likeness (QED) is 0.522. The van der Waals surface area contributed by atoms with Crippen LogP contribution >= 0.6 is 11.6 Å². The van der Waals surface area contributed by atoms with Gasteiger partial charge in [0.1, 0.15) is 5.57 Å². The monoisotopic (exact) mass is 284 g/mol. The predicted octanol–water partition coefficient (Wildman–Crippen LogP) is 2.35. The summed E-state index contributed by atoms with van der Waals surface area (Å²) in [6.45, 7) is 1.67. The Morgan fingerprint density at radius 2 is 1.79 bits per heavy atom. The van der Waals surface area contributed by atoms with Gasteiger partial charge in [-0.2, -0.15) is 0 Å². The highest BCUT2D eigenvalue weighted by Gasteiger charge is 2.23. The zero-order chi connectivity index (χ0) is 14.4. The van der Waals surface area contributed by atoms with E-state index in [4.69, 9.17) is 11.6 Å². The summed E-state index contributed by atoms with van der Waals surface area (Å²) in [7, 11) is 1.15. The summed E-state index contributed by atoms with van der Waals surface area (Å²) in [6.07, 6.45) is 0. The number of ether oxygens (including phenoxy) is 2. The summed E-state index contributed by atoms with van der Waals surface area (Å²) in [4.78, 5) is 23.1. The molecule has 0 atom stereocenters. The third-order valence-electron chi connectivity index (χ3n) is 2.23. The number of halogens is 1. The number of carbonyl (C=O) groups excluding carboxylic acids is 2. The van der Waals surface area contributed by atoms with Crippen LogP contribution in [0.4, 0.5) is 0 Å². The summed E-state index contributed by atoms with van der Waals surface area (Å²) >= 11 is 5.74. The van der Waals surface area contributed by atoms with Gasteiger partial charge >= 0.3 is 11.9 Å². The van der Waals surface area contributed by atoms with E-state index in [0.717, 1.165) is 7.11 Å². The number of aliphatic hydroxyl groups excluding tert-OH is 1. The van der Waals surface area contributed by atoms with Crippen LogP contribution in [0, 0.1) is 0 Å². The Kier molecular flexibility index (Phi) is 5.38. The van der Waals surface area contributed by atoms with E-state index in [0.29, 0.717) is 10.6 Å². The normalized spacial score (nSPS) is 11.5. The SMILES string of the molecule is CCOC(=O)/C(O)=C(\C(=O)OC)c1ccc(Cl)cc1. The van der Waals surface area contributed by atoms with Crippen molar-refractivity contribution in [2.45, 2.75) is 6.92 Å². The molecule has 0 radical (unpaired) electrons. The molecule has 0 bridgehead atoms. The Balaban J connectivity index is 3.29. The maximum absolute atomic E-state index is 11.7. The van der Waals surface area contributed by atoms with Crippen LogP contribution in [0.5, 0.6) is 0 Å². The van der Waals surface area contributed by atoms with Crippen LogP contribution in [0.2, 0.25) is 5.02 Å². The van der Waals surface area contributed by atoms with Gasteiger partial charge in [-0.15, -0.1) is 0 Å². The molecule has 19 heavy (non-hydrogen) atoms. The smallest absolute Gasteiger partial charge is 0.374 e. The highest BCUT2D eigenvalue weighted by molar-refractivity contribution is 6.30. The molecular weight excluding hydrogens is 272 g/mol. The Morgan fingerprint density at radius 1 is 1.21 bits per heavy atom. The van der Waals surface area contributed by atoms with E-state index in [1.54, 1.807) is 6.92 Å². The molecule has 0 aromatic heterocycles. The number of hydrogen-bond acceptors (Lipinski definition) is 5. The van der Waals surface area contributed by atoms with Gasteiger partial charge < -0.3 is 14.6 Å². The average molecular weight is 285 g/mol. The molecule has 6 heteroatoms. The zero-order valence-corrected chi connectivity index (χ0v) is 11.2. The lowest BCUT2D eigenvalue weighted by atomic mass is 10.0. The molecule has 0 unspecified atom stereocenters. The van der Waals surface area contributed by atoms with Gasteiger partial charge in [-0.3, -0.25) is 0 Å². The van der Waals surface area contributed by atoms with Gasteiger partial charge in [0.25, 0.3) is 0 Å².